The minimum atomic E-state index is 0.351. The van der Waals surface area contributed by atoms with Crippen molar-refractivity contribution in [3.63, 3.8) is 0 Å². The molecule has 1 N–H and O–H groups in total. The van der Waals surface area contributed by atoms with Gasteiger partial charge in [-0.3, -0.25) is 0 Å². The van der Waals surface area contributed by atoms with Crippen LogP contribution in [0.1, 0.15) is 18.1 Å². The summed E-state index contributed by atoms with van der Waals surface area (Å²) >= 11 is 0. The lowest BCUT2D eigenvalue weighted by Gasteiger charge is -2.23. The van der Waals surface area contributed by atoms with E-state index in [0.29, 0.717) is 12.0 Å². The third-order valence-corrected chi connectivity index (χ3v) is 4.83. The predicted octanol–water partition coefficient (Wildman–Crippen LogP) is 3.62. The molecule has 0 fully saturated rings. The molecule has 27 heavy (non-hydrogen) atoms. The molecule has 1 aliphatic heterocycles. The monoisotopic (exact) mass is 361 g/mol. The van der Waals surface area contributed by atoms with Gasteiger partial charge >= 0.3 is 0 Å². The fraction of sp³-hybridized carbons (Fsp3) is 0.286. The first kappa shape index (κ1) is 17.3. The lowest BCUT2D eigenvalue weighted by atomic mass is 10.1. The summed E-state index contributed by atoms with van der Waals surface area (Å²) in [6.45, 7) is 2.93. The molecule has 1 atom stereocenters. The molecule has 0 saturated carbocycles. The summed E-state index contributed by atoms with van der Waals surface area (Å²) in [5.41, 5.74) is 3.75. The summed E-state index contributed by atoms with van der Waals surface area (Å²) in [5.74, 6) is 2.24. The molecule has 3 aromatic rings. The van der Waals surface area contributed by atoms with Crippen molar-refractivity contribution in [3.05, 3.63) is 65.9 Å². The van der Waals surface area contributed by atoms with Gasteiger partial charge in [0, 0.05) is 18.3 Å². The largest absolute Gasteiger partial charge is 0.497 e. The minimum Gasteiger partial charge on any atom is -0.497 e. The molecule has 6 heteroatoms. The Morgan fingerprint density at radius 1 is 1.19 bits per heavy atom. The predicted molar refractivity (Wildman–Crippen MR) is 107 cm³/mol. The van der Waals surface area contributed by atoms with Gasteiger partial charge in [-0.15, -0.1) is 5.10 Å². The van der Waals surface area contributed by atoms with Gasteiger partial charge in [0.25, 0.3) is 0 Å². The number of nitrogens with one attached hydrogen (secondary N) is 1. The first-order valence-electron chi connectivity index (χ1n) is 9.18. The molecule has 138 valence electrons. The average Bonchev–Trinajstić information content (AvgIpc) is 3.04. The molecule has 0 amide bonds. The van der Waals surface area contributed by atoms with Gasteiger partial charge in [-0.05, 0) is 49.1 Å². The fourth-order valence-corrected chi connectivity index (χ4v) is 3.55. The van der Waals surface area contributed by atoms with Crippen LogP contribution in [0.25, 0.3) is 0 Å². The van der Waals surface area contributed by atoms with Crippen LogP contribution in [0.2, 0.25) is 0 Å². The number of rotatable bonds is 6. The topological polar surface area (TPSA) is 63.2 Å². The second kappa shape index (κ2) is 7.61. The van der Waals surface area contributed by atoms with E-state index in [2.05, 4.69) is 62.7 Å². The number of aromatic nitrogens is 3. The Morgan fingerprint density at radius 3 is 2.96 bits per heavy atom. The minimum absolute atomic E-state index is 0.351. The Bertz CT molecular complexity index is 930. The summed E-state index contributed by atoms with van der Waals surface area (Å²) < 4.78 is 5.27. The van der Waals surface area contributed by atoms with Gasteiger partial charge < -0.3 is 15.0 Å². The van der Waals surface area contributed by atoms with Crippen LogP contribution in [-0.4, -0.2) is 34.9 Å². The van der Waals surface area contributed by atoms with Crippen LogP contribution in [0.15, 0.2) is 54.7 Å². The molecule has 4 rings (SSSR count). The zero-order valence-electron chi connectivity index (χ0n) is 15.6. The summed E-state index contributed by atoms with van der Waals surface area (Å²) in [6.07, 6.45) is 3.60. The Morgan fingerprint density at radius 2 is 2.07 bits per heavy atom. The molecule has 1 unspecified atom stereocenters. The number of hydrogen-bond acceptors (Lipinski definition) is 6. The van der Waals surface area contributed by atoms with Gasteiger partial charge in [0.2, 0.25) is 5.95 Å². The molecule has 2 aromatic carbocycles. The van der Waals surface area contributed by atoms with Crippen molar-refractivity contribution < 1.29 is 4.74 Å². The third-order valence-electron chi connectivity index (χ3n) is 4.83. The summed E-state index contributed by atoms with van der Waals surface area (Å²) in [4.78, 5) is 6.92. The lowest BCUT2D eigenvalue weighted by molar-refractivity contribution is 0.414. The number of benzene rings is 2. The van der Waals surface area contributed by atoms with Crippen LogP contribution >= 0.6 is 0 Å². The van der Waals surface area contributed by atoms with E-state index in [1.165, 1.54) is 16.8 Å². The zero-order chi connectivity index (χ0) is 18.6. The molecule has 0 radical (unpaired) electrons. The number of ether oxygens (including phenoxy) is 1. The molecule has 0 spiro atoms. The van der Waals surface area contributed by atoms with E-state index in [1.54, 1.807) is 13.3 Å². The molecular formula is C21H23N5O. The van der Waals surface area contributed by atoms with E-state index in [9.17, 15) is 0 Å². The normalized spacial score (nSPS) is 15.5. The maximum Gasteiger partial charge on any atom is 0.244 e. The third kappa shape index (κ3) is 3.69. The molecule has 6 nitrogen and oxygen atoms in total. The van der Waals surface area contributed by atoms with Gasteiger partial charge in [0.15, 0.2) is 5.82 Å². The van der Waals surface area contributed by atoms with E-state index in [4.69, 9.17) is 4.74 Å². The zero-order valence-corrected chi connectivity index (χ0v) is 15.6. The Kier molecular flexibility index (Phi) is 4.87. The number of anilines is 3. The van der Waals surface area contributed by atoms with Crippen LogP contribution in [0.3, 0.4) is 0 Å². The van der Waals surface area contributed by atoms with Crippen molar-refractivity contribution in [2.45, 2.75) is 25.8 Å². The highest BCUT2D eigenvalue weighted by Gasteiger charge is 2.28. The number of methoxy groups -OCH3 is 1. The van der Waals surface area contributed by atoms with Crippen molar-refractivity contribution in [1.82, 2.24) is 15.2 Å². The van der Waals surface area contributed by atoms with Gasteiger partial charge in [0.05, 0.1) is 13.3 Å². The first-order chi connectivity index (χ1) is 13.2. The second-order valence-electron chi connectivity index (χ2n) is 6.72. The van der Waals surface area contributed by atoms with Crippen molar-refractivity contribution in [2.75, 3.05) is 23.9 Å². The Balaban J connectivity index is 1.45. The summed E-state index contributed by atoms with van der Waals surface area (Å²) in [7, 11) is 1.68. The molecule has 2 heterocycles. The van der Waals surface area contributed by atoms with E-state index in [0.717, 1.165) is 31.0 Å². The average molecular weight is 361 g/mol. The highest BCUT2D eigenvalue weighted by Crippen LogP contribution is 2.36. The Hall–Kier alpha value is -3.15. The summed E-state index contributed by atoms with van der Waals surface area (Å²) in [6, 6.07) is 16.9. The molecule has 0 bridgehead atoms. The van der Waals surface area contributed by atoms with Crippen LogP contribution in [0.5, 0.6) is 5.75 Å². The number of nitrogens with zero attached hydrogens (tertiary/aromatic N) is 4. The van der Waals surface area contributed by atoms with E-state index in [-0.39, 0.29) is 0 Å². The number of fused-ring (bicyclic) bond motifs is 1. The van der Waals surface area contributed by atoms with E-state index >= 15 is 0 Å². The standard InChI is InChI=1S/C21H23N5O/c1-15-12-17-7-3-4-9-19(17)26(15)20-14-23-25-21(24-20)22-11-10-16-6-5-8-18(13-16)27-2/h3-9,13-15H,10-12H2,1-2H3,(H,22,24,25). The van der Waals surface area contributed by atoms with E-state index in [1.807, 2.05) is 18.2 Å². The van der Waals surface area contributed by atoms with Gasteiger partial charge in [-0.2, -0.15) is 10.1 Å². The highest BCUT2D eigenvalue weighted by molar-refractivity contribution is 5.68. The fourth-order valence-electron chi connectivity index (χ4n) is 3.55. The number of para-hydroxylation sites is 1. The quantitative estimate of drug-likeness (QED) is 0.723. The molecule has 0 aliphatic carbocycles. The van der Waals surface area contributed by atoms with E-state index < -0.39 is 0 Å². The van der Waals surface area contributed by atoms with Crippen LogP contribution < -0.4 is 15.0 Å². The van der Waals surface area contributed by atoms with Crippen molar-refractivity contribution in [2.24, 2.45) is 0 Å². The maximum atomic E-state index is 5.27. The van der Waals surface area contributed by atoms with Gasteiger partial charge in [0.1, 0.15) is 5.75 Å². The molecule has 0 saturated heterocycles. The Labute approximate surface area is 159 Å². The first-order valence-corrected chi connectivity index (χ1v) is 9.18. The summed E-state index contributed by atoms with van der Waals surface area (Å²) in [5, 5.41) is 11.6. The van der Waals surface area contributed by atoms with Gasteiger partial charge in [-0.25, -0.2) is 0 Å². The molecule has 1 aliphatic rings. The molecule has 1 aromatic heterocycles. The maximum absolute atomic E-state index is 5.27. The van der Waals surface area contributed by atoms with Gasteiger partial charge in [-0.1, -0.05) is 30.3 Å². The number of hydrogen-bond donors (Lipinski definition) is 1. The SMILES string of the molecule is COc1cccc(CCNc2nncc(N3c4ccccc4CC3C)n2)c1. The van der Waals surface area contributed by atoms with Crippen molar-refractivity contribution in [3.8, 4) is 5.75 Å². The lowest BCUT2D eigenvalue weighted by Crippen LogP contribution is -2.25. The van der Waals surface area contributed by atoms with Crippen LogP contribution in [-0.2, 0) is 12.8 Å². The van der Waals surface area contributed by atoms with Crippen molar-refractivity contribution in [1.29, 1.82) is 0 Å². The highest BCUT2D eigenvalue weighted by atomic mass is 16.5. The van der Waals surface area contributed by atoms with Crippen molar-refractivity contribution >= 4 is 17.5 Å². The van der Waals surface area contributed by atoms with Crippen LogP contribution in [0, 0.1) is 0 Å². The smallest absolute Gasteiger partial charge is 0.244 e. The molecular weight excluding hydrogens is 338 g/mol. The van der Waals surface area contributed by atoms with Crippen LogP contribution in [0.4, 0.5) is 17.5 Å². The second-order valence-corrected chi connectivity index (χ2v) is 6.72.